The normalized spacial score (nSPS) is 13.3. The molecule has 0 radical (unpaired) electrons. The number of carbonyl (C=O) groups excluding carboxylic acids is 2. The van der Waals surface area contributed by atoms with Crippen LogP contribution in [0.3, 0.4) is 0 Å². The van der Waals surface area contributed by atoms with Crippen LogP contribution < -0.4 is 0 Å². The number of nitrogens with zero attached hydrogens (tertiary/aromatic N) is 1. The van der Waals surface area contributed by atoms with E-state index in [0.717, 1.165) is 83.5 Å². The van der Waals surface area contributed by atoms with Crippen LogP contribution in [0.25, 0.3) is 0 Å². The number of carboxylic acids is 1. The first-order valence-corrected chi connectivity index (χ1v) is 26.0. The Kier molecular flexibility index (Phi) is 44.3. The molecule has 0 rings (SSSR count). The van der Waals surface area contributed by atoms with E-state index in [1.54, 1.807) is 0 Å². The Morgan fingerprint density at radius 2 is 0.891 bits per heavy atom. The number of quaternary nitrogens is 1. The van der Waals surface area contributed by atoms with Crippen LogP contribution in [0, 0.1) is 0 Å². The van der Waals surface area contributed by atoms with Gasteiger partial charge in [-0.1, -0.05) is 184 Å². The van der Waals surface area contributed by atoms with Crippen molar-refractivity contribution in [2.24, 2.45) is 0 Å². The summed E-state index contributed by atoms with van der Waals surface area (Å²) in [5.41, 5.74) is 0. The molecular formula is C55H98NO8+. The smallest absolute Gasteiger partial charge is 0.361 e. The molecule has 2 unspecified atom stereocenters. The molecular weight excluding hydrogens is 803 g/mol. The van der Waals surface area contributed by atoms with Crippen LogP contribution in [-0.4, -0.2) is 87.4 Å². The Labute approximate surface area is 393 Å². The molecule has 0 aliphatic carbocycles. The highest BCUT2D eigenvalue weighted by Gasteiger charge is 2.25. The van der Waals surface area contributed by atoms with E-state index in [2.05, 4.69) is 74.6 Å². The molecule has 1 N–H and O–H groups in total. The van der Waals surface area contributed by atoms with Crippen molar-refractivity contribution in [2.45, 2.75) is 225 Å². The summed E-state index contributed by atoms with van der Waals surface area (Å²) < 4.78 is 22.8. The third-order valence-electron chi connectivity index (χ3n) is 11.0. The van der Waals surface area contributed by atoms with Crippen molar-refractivity contribution in [3.8, 4) is 0 Å². The van der Waals surface area contributed by atoms with Gasteiger partial charge in [-0.3, -0.25) is 9.59 Å². The molecule has 0 aliphatic rings. The van der Waals surface area contributed by atoms with Crippen molar-refractivity contribution in [3.63, 3.8) is 0 Å². The molecule has 0 saturated carbocycles. The van der Waals surface area contributed by atoms with Gasteiger partial charge in [-0.2, -0.15) is 0 Å². The molecule has 0 heterocycles. The molecule has 0 aromatic rings. The Morgan fingerprint density at radius 1 is 0.484 bits per heavy atom. The molecule has 0 spiro atoms. The lowest BCUT2D eigenvalue weighted by atomic mass is 10.0. The van der Waals surface area contributed by atoms with E-state index in [1.807, 2.05) is 21.1 Å². The highest BCUT2D eigenvalue weighted by molar-refractivity contribution is 5.71. The van der Waals surface area contributed by atoms with Gasteiger partial charge in [-0.15, -0.1) is 0 Å². The SMILES string of the molecule is CC/C=C\C/C=C\C/C=C\C/C=C\CCCCCCCCCCCCCCCCC(=O)OC(COC(=O)CCCCCCC/C=C\CCCCC)COC(OCC[N+](C)(C)C)C(=O)O. The lowest BCUT2D eigenvalue weighted by Crippen LogP contribution is -2.40. The number of hydrogen-bond donors (Lipinski definition) is 1. The van der Waals surface area contributed by atoms with Gasteiger partial charge in [0.25, 0.3) is 6.29 Å². The minimum absolute atomic E-state index is 0.185. The van der Waals surface area contributed by atoms with Crippen LogP contribution in [0.15, 0.2) is 60.8 Å². The summed E-state index contributed by atoms with van der Waals surface area (Å²) in [5.74, 6) is -2.02. The number of esters is 2. The van der Waals surface area contributed by atoms with Crippen LogP contribution in [0.5, 0.6) is 0 Å². The van der Waals surface area contributed by atoms with Gasteiger partial charge in [0.15, 0.2) is 6.10 Å². The first-order valence-electron chi connectivity index (χ1n) is 26.0. The predicted molar refractivity (Wildman–Crippen MR) is 267 cm³/mol. The second-order valence-electron chi connectivity index (χ2n) is 18.4. The second kappa shape index (κ2) is 46.5. The van der Waals surface area contributed by atoms with Crippen molar-refractivity contribution in [3.05, 3.63) is 60.8 Å². The maximum Gasteiger partial charge on any atom is 0.361 e. The number of rotatable bonds is 47. The summed E-state index contributed by atoms with van der Waals surface area (Å²) >= 11 is 0. The molecule has 0 fully saturated rings. The number of ether oxygens (including phenoxy) is 4. The van der Waals surface area contributed by atoms with Gasteiger partial charge in [-0.05, 0) is 77.0 Å². The van der Waals surface area contributed by atoms with Crippen molar-refractivity contribution in [2.75, 3.05) is 47.5 Å². The highest BCUT2D eigenvalue weighted by atomic mass is 16.7. The standard InChI is InChI=1S/C55H97NO8/c1-6-8-10-12-14-16-18-20-21-22-23-24-25-26-27-28-29-30-31-32-33-34-36-38-40-42-44-46-53(58)64-51(50-63-55(54(59)60)61-48-47-56(3,4)5)49-62-52(57)45-43-41-39-37-35-19-17-15-13-11-9-7-2/h8,10,14-17,20-21,23-24,51,55H,6-7,9,11-13,18-19,22,25-50H2,1-5H3/p+1/b10-8-,16-14-,17-15-,21-20-,24-23-. The summed E-state index contributed by atoms with van der Waals surface area (Å²) in [6.07, 6.45) is 54.4. The third-order valence-corrected chi connectivity index (χ3v) is 11.0. The van der Waals surface area contributed by atoms with Crippen LogP contribution >= 0.6 is 0 Å². The van der Waals surface area contributed by atoms with Crippen LogP contribution in [0.1, 0.15) is 213 Å². The van der Waals surface area contributed by atoms with Crippen molar-refractivity contribution < 1.29 is 42.9 Å². The number of carbonyl (C=O) groups is 3. The molecule has 2 atom stereocenters. The van der Waals surface area contributed by atoms with Gasteiger partial charge in [-0.25, -0.2) is 4.79 Å². The summed E-state index contributed by atoms with van der Waals surface area (Å²) in [6, 6.07) is 0. The van der Waals surface area contributed by atoms with Crippen molar-refractivity contribution >= 4 is 17.9 Å². The van der Waals surface area contributed by atoms with Gasteiger partial charge >= 0.3 is 17.9 Å². The number of carboxylic acid groups (broad SMARTS) is 1. The lowest BCUT2D eigenvalue weighted by molar-refractivity contribution is -0.870. The summed E-state index contributed by atoms with van der Waals surface area (Å²) in [7, 11) is 5.96. The van der Waals surface area contributed by atoms with Crippen LogP contribution in [0.4, 0.5) is 0 Å². The minimum Gasteiger partial charge on any atom is -0.477 e. The van der Waals surface area contributed by atoms with E-state index in [0.29, 0.717) is 17.4 Å². The fourth-order valence-corrected chi connectivity index (χ4v) is 7.00. The highest BCUT2D eigenvalue weighted by Crippen LogP contribution is 2.15. The first kappa shape index (κ1) is 61.0. The maximum atomic E-state index is 12.8. The second-order valence-corrected chi connectivity index (χ2v) is 18.4. The molecule has 0 aliphatic heterocycles. The molecule has 0 aromatic heterocycles. The molecule has 0 aromatic carbocycles. The van der Waals surface area contributed by atoms with Crippen LogP contribution in [-0.2, 0) is 33.3 Å². The fraction of sp³-hybridized carbons (Fsp3) is 0.764. The van der Waals surface area contributed by atoms with Gasteiger partial charge in [0.05, 0.1) is 34.4 Å². The number of unbranched alkanes of at least 4 members (excludes halogenated alkanes) is 22. The molecule has 9 heteroatoms. The Bertz CT molecular complexity index is 1230. The minimum atomic E-state index is -1.51. The zero-order chi connectivity index (χ0) is 47.0. The van der Waals surface area contributed by atoms with Crippen LogP contribution in [0.2, 0.25) is 0 Å². The van der Waals surface area contributed by atoms with E-state index < -0.39 is 24.3 Å². The van der Waals surface area contributed by atoms with E-state index in [1.165, 1.54) is 103 Å². The summed E-state index contributed by atoms with van der Waals surface area (Å²) in [5, 5.41) is 9.66. The van der Waals surface area contributed by atoms with Gasteiger partial charge < -0.3 is 28.5 Å². The van der Waals surface area contributed by atoms with E-state index in [-0.39, 0.29) is 32.2 Å². The van der Waals surface area contributed by atoms with Gasteiger partial charge in [0, 0.05) is 12.8 Å². The first-order chi connectivity index (χ1) is 31.1. The zero-order valence-corrected chi connectivity index (χ0v) is 41.9. The molecule has 0 amide bonds. The fourth-order valence-electron chi connectivity index (χ4n) is 7.00. The Morgan fingerprint density at radius 3 is 1.34 bits per heavy atom. The third kappa shape index (κ3) is 47.0. The number of aliphatic carboxylic acids is 1. The molecule has 370 valence electrons. The topological polar surface area (TPSA) is 108 Å². The lowest BCUT2D eigenvalue weighted by Gasteiger charge is -2.25. The quantitative estimate of drug-likeness (QED) is 0.0211. The van der Waals surface area contributed by atoms with Gasteiger partial charge in [0.1, 0.15) is 13.2 Å². The maximum absolute atomic E-state index is 12.8. The van der Waals surface area contributed by atoms with Gasteiger partial charge in [0.2, 0.25) is 0 Å². The van der Waals surface area contributed by atoms with E-state index >= 15 is 0 Å². The summed E-state index contributed by atoms with van der Waals surface area (Å²) in [6.45, 7) is 4.73. The number of allylic oxidation sites excluding steroid dienone is 10. The predicted octanol–water partition coefficient (Wildman–Crippen LogP) is 14.5. The number of hydrogen-bond acceptors (Lipinski definition) is 7. The molecule has 9 nitrogen and oxygen atoms in total. The molecule has 64 heavy (non-hydrogen) atoms. The monoisotopic (exact) mass is 901 g/mol. The van der Waals surface area contributed by atoms with E-state index in [9.17, 15) is 19.5 Å². The molecule has 0 bridgehead atoms. The zero-order valence-electron chi connectivity index (χ0n) is 41.9. The van der Waals surface area contributed by atoms with E-state index in [4.69, 9.17) is 18.9 Å². The van der Waals surface area contributed by atoms with Crippen molar-refractivity contribution in [1.82, 2.24) is 0 Å². The van der Waals surface area contributed by atoms with Crippen molar-refractivity contribution in [1.29, 1.82) is 0 Å². The Balaban J connectivity index is 4.22. The largest absolute Gasteiger partial charge is 0.477 e. The average Bonchev–Trinajstić information content (AvgIpc) is 3.26. The number of likely N-dealkylation sites (N-methyl/N-ethyl adjacent to an activating group) is 1. The Hall–Kier alpha value is -3.01. The average molecular weight is 901 g/mol. The molecule has 0 saturated heterocycles. The summed E-state index contributed by atoms with van der Waals surface area (Å²) in [4.78, 5) is 37.2.